The van der Waals surface area contributed by atoms with Gasteiger partial charge in [-0.05, 0) is 43.7 Å². The van der Waals surface area contributed by atoms with Crippen molar-refractivity contribution in [2.75, 3.05) is 58.0 Å². The molecule has 4 N–H and O–H groups in total. The van der Waals surface area contributed by atoms with E-state index in [0.29, 0.717) is 38.3 Å². The fourth-order valence-electron chi connectivity index (χ4n) is 5.80. The van der Waals surface area contributed by atoms with E-state index in [1.54, 1.807) is 6.20 Å². The largest absolute Gasteiger partial charge is 0.505 e. The van der Waals surface area contributed by atoms with Gasteiger partial charge in [-0.3, -0.25) is 10.1 Å². The van der Waals surface area contributed by atoms with Crippen LogP contribution in [-0.2, 0) is 15.1 Å². The van der Waals surface area contributed by atoms with Crippen LogP contribution in [0.2, 0.25) is 0 Å². The highest BCUT2D eigenvalue weighted by Crippen LogP contribution is 2.36. The molecule has 194 valence electrons. The highest BCUT2D eigenvalue weighted by molar-refractivity contribution is 6.35. The third-order valence-corrected chi connectivity index (χ3v) is 7.97. The van der Waals surface area contributed by atoms with Gasteiger partial charge in [-0.2, -0.15) is 5.10 Å². The van der Waals surface area contributed by atoms with Crippen molar-refractivity contribution in [1.82, 2.24) is 14.7 Å². The predicted octanol–water partition coefficient (Wildman–Crippen LogP) is 2.00. The van der Waals surface area contributed by atoms with Gasteiger partial charge in [-0.25, -0.2) is 0 Å². The van der Waals surface area contributed by atoms with Crippen molar-refractivity contribution in [1.29, 1.82) is 10.8 Å². The van der Waals surface area contributed by atoms with Crippen molar-refractivity contribution < 1.29 is 19.7 Å². The van der Waals surface area contributed by atoms with Gasteiger partial charge in [0.1, 0.15) is 5.60 Å². The van der Waals surface area contributed by atoms with E-state index >= 15 is 0 Å². The summed E-state index contributed by atoms with van der Waals surface area (Å²) < 4.78 is 13.5. The van der Waals surface area contributed by atoms with Gasteiger partial charge in [-0.1, -0.05) is 0 Å². The molecule has 5 rings (SSSR count). The van der Waals surface area contributed by atoms with Crippen LogP contribution in [0.3, 0.4) is 0 Å². The van der Waals surface area contributed by atoms with Crippen LogP contribution in [0, 0.1) is 16.7 Å². The van der Waals surface area contributed by atoms with Gasteiger partial charge >= 0.3 is 0 Å². The van der Waals surface area contributed by atoms with Crippen LogP contribution >= 0.6 is 0 Å². The molecule has 3 fully saturated rings. The van der Waals surface area contributed by atoms with Gasteiger partial charge < -0.3 is 34.9 Å². The second kappa shape index (κ2) is 10.3. The molecule has 2 aromatic rings. The lowest BCUT2D eigenvalue weighted by atomic mass is 9.87. The van der Waals surface area contributed by atoms with Crippen LogP contribution in [0.4, 0.5) is 5.69 Å². The van der Waals surface area contributed by atoms with Gasteiger partial charge in [-0.15, -0.1) is 0 Å². The van der Waals surface area contributed by atoms with E-state index in [9.17, 15) is 10.2 Å². The van der Waals surface area contributed by atoms with Crippen LogP contribution in [0.1, 0.15) is 36.4 Å². The molecule has 3 saturated heterocycles. The maximum Gasteiger partial charge on any atom is 0.153 e. The molecule has 10 heteroatoms. The fraction of sp³-hybridized carbons (Fsp3) is 0.577. The lowest BCUT2D eigenvalue weighted by Crippen LogP contribution is -2.49. The molecule has 0 aliphatic carbocycles. The topological polar surface area (TPSA) is 131 Å². The van der Waals surface area contributed by atoms with Gasteiger partial charge in [0.15, 0.2) is 5.75 Å². The maximum absolute atomic E-state index is 11.2. The number of anilines is 1. The number of likely N-dealkylation sites (tertiary alicyclic amines) is 1. The summed E-state index contributed by atoms with van der Waals surface area (Å²) in [4.78, 5) is 4.70. The summed E-state index contributed by atoms with van der Waals surface area (Å²) in [5.74, 6) is 0.437. The number of nitrogens with zero attached hydrogens (tertiary/aromatic N) is 4. The molecule has 1 aromatic carbocycles. The Kier molecular flexibility index (Phi) is 7.11. The Hall–Kier alpha value is -2.79. The van der Waals surface area contributed by atoms with E-state index in [4.69, 9.17) is 20.3 Å². The average Bonchev–Trinajstić information content (AvgIpc) is 3.45. The highest BCUT2D eigenvalue weighted by Gasteiger charge is 2.37. The van der Waals surface area contributed by atoms with E-state index < -0.39 is 5.60 Å². The average molecular weight is 497 g/mol. The molecule has 1 aromatic heterocycles. The van der Waals surface area contributed by atoms with E-state index in [0.717, 1.165) is 43.4 Å². The first-order chi connectivity index (χ1) is 17.4. The Morgan fingerprint density at radius 2 is 2.08 bits per heavy atom. The molecule has 4 atom stereocenters. The number of piperidine rings is 1. The molecule has 0 bridgehead atoms. The molecule has 10 nitrogen and oxygen atoms in total. The first-order valence-electron chi connectivity index (χ1n) is 12.7. The summed E-state index contributed by atoms with van der Waals surface area (Å²) in [6.07, 6.45) is 6.63. The summed E-state index contributed by atoms with van der Waals surface area (Å²) in [6.45, 7) is 4.41. The molecular weight excluding hydrogens is 460 g/mol. The van der Waals surface area contributed by atoms with E-state index in [-0.39, 0.29) is 36.1 Å². The summed E-state index contributed by atoms with van der Waals surface area (Å²) >= 11 is 0. The van der Waals surface area contributed by atoms with Crippen molar-refractivity contribution in [3.8, 4) is 5.75 Å². The molecule has 0 spiro atoms. The lowest BCUT2D eigenvalue weighted by molar-refractivity contribution is 0.0232. The van der Waals surface area contributed by atoms with Crippen LogP contribution in [-0.4, -0.2) is 96.0 Å². The number of aromatic hydroxyl groups is 1. The van der Waals surface area contributed by atoms with E-state index in [1.165, 1.54) is 6.20 Å². The van der Waals surface area contributed by atoms with Gasteiger partial charge in [0, 0.05) is 62.1 Å². The summed E-state index contributed by atoms with van der Waals surface area (Å²) in [5.41, 5.74) is 1.31. The number of aromatic nitrogens is 2. The molecule has 0 amide bonds. The van der Waals surface area contributed by atoms with Gasteiger partial charge in [0.05, 0.1) is 44.0 Å². The second-order valence-corrected chi connectivity index (χ2v) is 10.3. The molecular formula is C26H36N6O4. The van der Waals surface area contributed by atoms with Gasteiger partial charge in [0.2, 0.25) is 0 Å². The number of ether oxygens (including phenoxy) is 2. The third-order valence-electron chi connectivity index (χ3n) is 7.97. The maximum atomic E-state index is 11.2. The van der Waals surface area contributed by atoms with Crippen LogP contribution in [0.15, 0.2) is 30.6 Å². The molecule has 0 saturated carbocycles. The predicted molar refractivity (Wildman–Crippen MR) is 136 cm³/mol. The third kappa shape index (κ3) is 5.04. The van der Waals surface area contributed by atoms with Crippen molar-refractivity contribution >= 4 is 17.6 Å². The highest BCUT2D eigenvalue weighted by atomic mass is 16.5. The molecule has 4 unspecified atom stereocenters. The summed E-state index contributed by atoms with van der Waals surface area (Å²) in [7, 11) is 2.16. The normalized spacial score (nSPS) is 29.7. The van der Waals surface area contributed by atoms with Crippen molar-refractivity contribution in [2.24, 2.45) is 5.92 Å². The summed E-state index contributed by atoms with van der Waals surface area (Å²) in [6, 6.07) is 6.28. The zero-order chi connectivity index (χ0) is 25.3. The number of nitrogens with one attached hydrogen (secondary N) is 2. The number of hydrogen-bond donors (Lipinski definition) is 4. The number of benzene rings is 1. The van der Waals surface area contributed by atoms with Crippen molar-refractivity contribution in [3.63, 3.8) is 0 Å². The van der Waals surface area contributed by atoms with E-state index in [1.807, 2.05) is 22.9 Å². The zero-order valence-electron chi connectivity index (χ0n) is 20.8. The van der Waals surface area contributed by atoms with Crippen molar-refractivity contribution in [2.45, 2.75) is 36.9 Å². The lowest BCUT2D eigenvalue weighted by Gasteiger charge is -2.42. The first kappa shape index (κ1) is 24.9. The molecule has 36 heavy (non-hydrogen) atoms. The fourth-order valence-corrected chi connectivity index (χ4v) is 5.80. The van der Waals surface area contributed by atoms with E-state index in [2.05, 4.69) is 21.9 Å². The smallest absolute Gasteiger partial charge is 0.153 e. The number of hydrogen-bond acceptors (Lipinski definition) is 9. The minimum atomic E-state index is -1.08. The second-order valence-electron chi connectivity index (χ2n) is 10.3. The Balaban J connectivity index is 1.41. The van der Waals surface area contributed by atoms with Gasteiger partial charge in [0.25, 0.3) is 0 Å². The van der Waals surface area contributed by atoms with Crippen LogP contribution < -0.4 is 4.90 Å². The zero-order valence-corrected chi connectivity index (χ0v) is 20.8. The van der Waals surface area contributed by atoms with Crippen LogP contribution in [0.5, 0.6) is 5.75 Å². The Morgan fingerprint density at radius 1 is 1.22 bits per heavy atom. The van der Waals surface area contributed by atoms with Crippen molar-refractivity contribution in [3.05, 3.63) is 41.7 Å². The minimum absolute atomic E-state index is 0.112. The SMILES string of the molecule is CN1CCC(n2cc(O)cn2)CC1C1COCCN(c2cc(C(=N)C=N)cc(C3(O)CCOC3)c2)C1. The molecule has 3 aliphatic rings. The Morgan fingerprint density at radius 3 is 2.81 bits per heavy atom. The Bertz CT molecular complexity index is 1100. The number of rotatable bonds is 6. The van der Waals surface area contributed by atoms with Crippen LogP contribution in [0.25, 0.3) is 0 Å². The minimum Gasteiger partial charge on any atom is -0.505 e. The quantitative estimate of drug-likeness (QED) is 0.450. The summed E-state index contributed by atoms with van der Waals surface area (Å²) in [5, 5.41) is 41.2. The molecule has 3 aliphatic heterocycles. The first-order valence-corrected chi connectivity index (χ1v) is 12.7. The Labute approximate surface area is 211 Å². The molecule has 4 heterocycles. The number of aliphatic hydroxyl groups is 1. The molecule has 0 radical (unpaired) electrons. The monoisotopic (exact) mass is 496 g/mol. The standard InChI is InChI=1S/C26H36N6O4/c1-30-4-2-21(32-15-23(33)13-29-32)11-25(30)19-14-31(5-7-35-16-19)22-9-18(24(28)12-27)8-20(10-22)26(34)3-6-36-17-26/h8-10,12-13,15,19,21,25,27-28,33-34H,2-7,11,14,16-17H2,1H3.